The van der Waals surface area contributed by atoms with Gasteiger partial charge in [-0.1, -0.05) is 6.92 Å². The van der Waals surface area contributed by atoms with E-state index in [4.69, 9.17) is 10.5 Å². The summed E-state index contributed by atoms with van der Waals surface area (Å²) in [7, 11) is 0. The summed E-state index contributed by atoms with van der Waals surface area (Å²) in [6.45, 7) is 2.17. The highest BCUT2D eigenvalue weighted by atomic mass is 19.4. The standard InChI is InChI=1S/C12H15F3N2O2/c1-2-5-17-11(18)7-19-8-3-4-9(10(16)6-8)12(13,14)15/h3-4,6H,2,5,7,16H2,1H3,(H,17,18). The maximum atomic E-state index is 12.4. The number of alkyl halides is 3. The Morgan fingerprint density at radius 1 is 1.42 bits per heavy atom. The van der Waals surface area contributed by atoms with Gasteiger partial charge in [-0.25, -0.2) is 0 Å². The van der Waals surface area contributed by atoms with Crippen molar-refractivity contribution in [2.24, 2.45) is 0 Å². The van der Waals surface area contributed by atoms with Crippen molar-refractivity contribution in [3.05, 3.63) is 23.8 Å². The Labute approximate surface area is 108 Å². The van der Waals surface area contributed by atoms with Crippen LogP contribution in [0, 0.1) is 0 Å². The summed E-state index contributed by atoms with van der Waals surface area (Å²) < 4.78 is 42.4. The fourth-order valence-corrected chi connectivity index (χ4v) is 1.35. The van der Waals surface area contributed by atoms with Gasteiger partial charge in [-0.2, -0.15) is 13.2 Å². The number of nitrogen functional groups attached to an aromatic ring is 1. The van der Waals surface area contributed by atoms with Crippen molar-refractivity contribution in [2.75, 3.05) is 18.9 Å². The molecule has 0 unspecified atom stereocenters. The molecule has 0 bridgehead atoms. The summed E-state index contributed by atoms with van der Waals surface area (Å²) in [5, 5.41) is 2.58. The van der Waals surface area contributed by atoms with E-state index in [1.807, 2.05) is 6.92 Å². The Morgan fingerprint density at radius 2 is 2.11 bits per heavy atom. The molecule has 0 saturated heterocycles. The molecule has 4 nitrogen and oxygen atoms in total. The second-order valence-corrected chi connectivity index (χ2v) is 3.89. The molecule has 3 N–H and O–H groups in total. The van der Waals surface area contributed by atoms with E-state index in [-0.39, 0.29) is 18.3 Å². The number of carbonyl (C=O) groups excluding carboxylic acids is 1. The SMILES string of the molecule is CCCNC(=O)COc1ccc(C(F)(F)F)c(N)c1. The number of amides is 1. The minimum Gasteiger partial charge on any atom is -0.484 e. The third kappa shape index (κ3) is 4.69. The number of rotatable bonds is 5. The number of carbonyl (C=O) groups is 1. The Hall–Kier alpha value is -1.92. The number of hydrogen-bond acceptors (Lipinski definition) is 3. The molecule has 106 valence electrons. The van der Waals surface area contributed by atoms with E-state index >= 15 is 0 Å². The minimum absolute atomic E-state index is 0.122. The van der Waals surface area contributed by atoms with Crippen LogP contribution in [0.25, 0.3) is 0 Å². The van der Waals surface area contributed by atoms with E-state index in [2.05, 4.69) is 5.32 Å². The lowest BCUT2D eigenvalue weighted by atomic mass is 10.1. The quantitative estimate of drug-likeness (QED) is 0.810. The summed E-state index contributed by atoms with van der Waals surface area (Å²) in [5.74, 6) is -0.211. The molecule has 0 spiro atoms. The van der Waals surface area contributed by atoms with Crippen molar-refractivity contribution < 1.29 is 22.7 Å². The van der Waals surface area contributed by atoms with E-state index < -0.39 is 17.4 Å². The molecule has 0 radical (unpaired) electrons. The maximum absolute atomic E-state index is 12.4. The smallest absolute Gasteiger partial charge is 0.418 e. The lowest BCUT2D eigenvalue weighted by molar-refractivity contribution is -0.137. The average Bonchev–Trinajstić information content (AvgIpc) is 2.32. The first kappa shape index (κ1) is 15.1. The molecule has 0 aliphatic heterocycles. The molecule has 0 heterocycles. The van der Waals surface area contributed by atoms with E-state index in [0.29, 0.717) is 6.54 Å². The van der Waals surface area contributed by atoms with Gasteiger partial charge in [-0.3, -0.25) is 4.79 Å². The first-order valence-electron chi connectivity index (χ1n) is 5.70. The number of ether oxygens (including phenoxy) is 1. The third-order valence-corrected chi connectivity index (χ3v) is 2.27. The normalized spacial score (nSPS) is 11.2. The van der Waals surface area contributed by atoms with Crippen molar-refractivity contribution in [3.8, 4) is 5.75 Å². The van der Waals surface area contributed by atoms with E-state index in [0.717, 1.165) is 24.6 Å². The minimum atomic E-state index is -4.50. The Bertz CT molecular complexity index is 447. The monoisotopic (exact) mass is 276 g/mol. The number of halogens is 3. The second kappa shape index (κ2) is 6.31. The molecule has 0 fully saturated rings. The van der Waals surface area contributed by atoms with Crippen molar-refractivity contribution in [1.29, 1.82) is 0 Å². The van der Waals surface area contributed by atoms with Crippen molar-refractivity contribution in [1.82, 2.24) is 5.32 Å². The summed E-state index contributed by atoms with van der Waals surface area (Å²) in [5.41, 5.74) is 3.94. The van der Waals surface area contributed by atoms with Crippen LogP contribution in [0.4, 0.5) is 18.9 Å². The van der Waals surface area contributed by atoms with Gasteiger partial charge in [-0.15, -0.1) is 0 Å². The van der Waals surface area contributed by atoms with Crippen molar-refractivity contribution >= 4 is 11.6 Å². The summed E-state index contributed by atoms with van der Waals surface area (Å²) in [6, 6.07) is 3.01. The molecular formula is C12H15F3N2O2. The molecule has 0 atom stereocenters. The summed E-state index contributed by atoms with van der Waals surface area (Å²) in [4.78, 5) is 11.2. The fourth-order valence-electron chi connectivity index (χ4n) is 1.35. The number of anilines is 1. The van der Waals surface area contributed by atoms with Gasteiger partial charge < -0.3 is 15.8 Å². The molecule has 1 rings (SSSR count). The highest BCUT2D eigenvalue weighted by Crippen LogP contribution is 2.35. The molecule has 0 aromatic heterocycles. The Kier molecular flexibility index (Phi) is 5.02. The zero-order valence-corrected chi connectivity index (χ0v) is 10.4. The lowest BCUT2D eigenvalue weighted by Gasteiger charge is -2.12. The molecular weight excluding hydrogens is 261 g/mol. The highest BCUT2D eigenvalue weighted by Gasteiger charge is 2.32. The number of benzene rings is 1. The highest BCUT2D eigenvalue weighted by molar-refractivity contribution is 5.77. The van der Waals surface area contributed by atoms with Crippen LogP contribution in [0.1, 0.15) is 18.9 Å². The molecule has 1 aromatic carbocycles. The fraction of sp³-hybridized carbons (Fsp3) is 0.417. The van der Waals surface area contributed by atoms with Gasteiger partial charge in [-0.05, 0) is 18.6 Å². The Morgan fingerprint density at radius 3 is 2.63 bits per heavy atom. The number of nitrogens with one attached hydrogen (secondary N) is 1. The molecule has 7 heteroatoms. The first-order valence-corrected chi connectivity index (χ1v) is 5.70. The van der Waals surface area contributed by atoms with E-state index in [1.165, 1.54) is 0 Å². The molecule has 19 heavy (non-hydrogen) atoms. The molecule has 1 aromatic rings. The topological polar surface area (TPSA) is 64.3 Å². The van der Waals surface area contributed by atoms with Gasteiger partial charge >= 0.3 is 6.18 Å². The van der Waals surface area contributed by atoms with Gasteiger partial charge in [0.25, 0.3) is 5.91 Å². The van der Waals surface area contributed by atoms with E-state index in [9.17, 15) is 18.0 Å². The van der Waals surface area contributed by atoms with Gasteiger partial charge in [0.15, 0.2) is 6.61 Å². The molecule has 0 saturated carbocycles. The van der Waals surface area contributed by atoms with Gasteiger partial charge in [0, 0.05) is 18.3 Å². The van der Waals surface area contributed by atoms with Crippen LogP contribution in [0.5, 0.6) is 5.75 Å². The molecule has 1 amide bonds. The zero-order valence-electron chi connectivity index (χ0n) is 10.4. The lowest BCUT2D eigenvalue weighted by Crippen LogP contribution is -2.29. The van der Waals surface area contributed by atoms with Crippen molar-refractivity contribution in [2.45, 2.75) is 19.5 Å². The number of hydrogen-bond donors (Lipinski definition) is 2. The van der Waals surface area contributed by atoms with Crippen LogP contribution < -0.4 is 15.8 Å². The summed E-state index contributed by atoms with van der Waals surface area (Å²) in [6.07, 6.45) is -3.71. The van der Waals surface area contributed by atoms with Crippen molar-refractivity contribution in [3.63, 3.8) is 0 Å². The van der Waals surface area contributed by atoms with Crippen LogP contribution in [-0.2, 0) is 11.0 Å². The maximum Gasteiger partial charge on any atom is 0.418 e. The predicted octanol–water partition coefficient (Wildman–Crippen LogP) is 2.19. The van der Waals surface area contributed by atoms with Crippen LogP contribution in [-0.4, -0.2) is 19.1 Å². The van der Waals surface area contributed by atoms with Crippen LogP contribution in [0.2, 0.25) is 0 Å². The number of nitrogens with two attached hydrogens (primary N) is 1. The second-order valence-electron chi connectivity index (χ2n) is 3.89. The predicted molar refractivity (Wildman–Crippen MR) is 64.7 cm³/mol. The van der Waals surface area contributed by atoms with Gasteiger partial charge in [0.05, 0.1) is 5.56 Å². The Balaban J connectivity index is 2.62. The van der Waals surface area contributed by atoms with E-state index in [1.54, 1.807) is 0 Å². The molecule has 0 aliphatic carbocycles. The van der Waals surface area contributed by atoms with Crippen LogP contribution in [0.3, 0.4) is 0 Å². The zero-order chi connectivity index (χ0) is 14.5. The largest absolute Gasteiger partial charge is 0.484 e. The van der Waals surface area contributed by atoms with Gasteiger partial charge in [0.2, 0.25) is 0 Å². The average molecular weight is 276 g/mol. The summed E-state index contributed by atoms with van der Waals surface area (Å²) >= 11 is 0. The first-order chi connectivity index (χ1) is 8.84. The van der Waals surface area contributed by atoms with Crippen LogP contribution >= 0.6 is 0 Å². The van der Waals surface area contributed by atoms with Gasteiger partial charge in [0.1, 0.15) is 5.75 Å². The molecule has 0 aliphatic rings. The third-order valence-electron chi connectivity index (χ3n) is 2.27. The van der Waals surface area contributed by atoms with Crippen LogP contribution in [0.15, 0.2) is 18.2 Å².